The molecule has 0 saturated carbocycles. The second-order valence-corrected chi connectivity index (χ2v) is 4.55. The Bertz CT molecular complexity index is 657. The molecule has 86 valence electrons. The molecule has 17 heavy (non-hydrogen) atoms. The first kappa shape index (κ1) is 10.4. The van der Waals surface area contributed by atoms with Gasteiger partial charge in [0.2, 0.25) is 0 Å². The van der Waals surface area contributed by atoms with Crippen molar-refractivity contribution in [3.63, 3.8) is 0 Å². The van der Waals surface area contributed by atoms with E-state index >= 15 is 0 Å². The van der Waals surface area contributed by atoms with Gasteiger partial charge in [0.15, 0.2) is 11.6 Å². The van der Waals surface area contributed by atoms with E-state index in [1.54, 1.807) is 17.4 Å². The molecule has 1 aromatic carbocycles. The van der Waals surface area contributed by atoms with E-state index in [1.807, 2.05) is 17.5 Å². The molecule has 2 aromatic heterocycles. The van der Waals surface area contributed by atoms with E-state index in [1.165, 1.54) is 13.2 Å². The number of nitrogens with one attached hydrogen (secondary N) is 1. The summed E-state index contributed by atoms with van der Waals surface area (Å²) < 4.78 is 18.5. The first-order chi connectivity index (χ1) is 8.28. The fraction of sp³-hybridized carbons (Fsp3) is 0.0769. The van der Waals surface area contributed by atoms with E-state index in [9.17, 15) is 4.39 Å². The number of ether oxygens (including phenoxy) is 1. The summed E-state index contributed by atoms with van der Waals surface area (Å²) in [6, 6.07) is 7.20. The quantitative estimate of drug-likeness (QED) is 0.726. The van der Waals surface area contributed by atoms with Gasteiger partial charge in [0.25, 0.3) is 0 Å². The maximum absolute atomic E-state index is 13.5. The molecule has 0 saturated heterocycles. The third kappa shape index (κ3) is 1.70. The Morgan fingerprint density at radius 1 is 1.29 bits per heavy atom. The molecule has 0 aliphatic rings. The minimum atomic E-state index is -0.348. The van der Waals surface area contributed by atoms with Crippen molar-refractivity contribution in [2.45, 2.75) is 0 Å². The van der Waals surface area contributed by atoms with Crippen LogP contribution in [-0.4, -0.2) is 12.1 Å². The van der Waals surface area contributed by atoms with Crippen LogP contribution < -0.4 is 4.74 Å². The minimum Gasteiger partial charge on any atom is -0.494 e. The summed E-state index contributed by atoms with van der Waals surface area (Å²) in [7, 11) is 1.47. The van der Waals surface area contributed by atoms with Crippen LogP contribution in [-0.2, 0) is 0 Å². The minimum absolute atomic E-state index is 0.272. The van der Waals surface area contributed by atoms with Gasteiger partial charge >= 0.3 is 0 Å². The number of hydrogen-bond acceptors (Lipinski definition) is 2. The molecular weight excluding hydrogens is 237 g/mol. The lowest BCUT2D eigenvalue weighted by Gasteiger charge is -2.00. The van der Waals surface area contributed by atoms with Crippen molar-refractivity contribution in [1.82, 2.24) is 4.98 Å². The van der Waals surface area contributed by atoms with Crippen LogP contribution in [0.5, 0.6) is 5.75 Å². The van der Waals surface area contributed by atoms with Gasteiger partial charge in [0, 0.05) is 33.6 Å². The van der Waals surface area contributed by atoms with Crippen molar-refractivity contribution in [2.75, 3.05) is 7.11 Å². The molecule has 2 nitrogen and oxygen atoms in total. The van der Waals surface area contributed by atoms with Crippen LogP contribution in [0.25, 0.3) is 22.2 Å². The predicted octanol–water partition coefficient (Wildman–Crippen LogP) is 4.04. The molecule has 3 rings (SSSR count). The average Bonchev–Trinajstić information content (AvgIpc) is 2.95. The van der Waals surface area contributed by atoms with Crippen LogP contribution in [0.3, 0.4) is 0 Å². The highest BCUT2D eigenvalue weighted by Crippen LogP contribution is 2.29. The monoisotopic (exact) mass is 247 g/mol. The summed E-state index contributed by atoms with van der Waals surface area (Å²) in [5.74, 6) is -0.0768. The molecule has 0 fully saturated rings. The topological polar surface area (TPSA) is 25.0 Å². The molecule has 0 amide bonds. The molecule has 0 atom stereocenters. The predicted molar refractivity (Wildman–Crippen MR) is 68.1 cm³/mol. The number of aromatic amines is 1. The Morgan fingerprint density at radius 3 is 2.88 bits per heavy atom. The molecule has 0 aliphatic heterocycles. The van der Waals surface area contributed by atoms with Crippen LogP contribution in [0, 0.1) is 5.82 Å². The number of thiophene rings is 1. The first-order valence-electron chi connectivity index (χ1n) is 5.17. The second kappa shape index (κ2) is 3.89. The van der Waals surface area contributed by atoms with E-state index in [0.29, 0.717) is 0 Å². The third-order valence-electron chi connectivity index (χ3n) is 2.73. The summed E-state index contributed by atoms with van der Waals surface area (Å²) in [5, 5.41) is 5.02. The zero-order chi connectivity index (χ0) is 11.8. The van der Waals surface area contributed by atoms with Crippen molar-refractivity contribution in [3.8, 4) is 17.0 Å². The zero-order valence-corrected chi connectivity index (χ0v) is 9.98. The number of methoxy groups -OCH3 is 1. The van der Waals surface area contributed by atoms with Crippen LogP contribution in [0.2, 0.25) is 0 Å². The maximum Gasteiger partial charge on any atom is 0.167 e. The lowest BCUT2D eigenvalue weighted by Crippen LogP contribution is -1.86. The summed E-state index contributed by atoms with van der Waals surface area (Å²) in [6.07, 6.45) is 0. The smallest absolute Gasteiger partial charge is 0.167 e. The van der Waals surface area contributed by atoms with Gasteiger partial charge in [0.1, 0.15) is 0 Å². The van der Waals surface area contributed by atoms with Crippen LogP contribution >= 0.6 is 11.3 Å². The van der Waals surface area contributed by atoms with Gasteiger partial charge in [-0.1, -0.05) is 0 Å². The van der Waals surface area contributed by atoms with E-state index in [0.717, 1.165) is 22.2 Å². The Morgan fingerprint density at radius 2 is 2.18 bits per heavy atom. The highest BCUT2D eigenvalue weighted by atomic mass is 32.1. The van der Waals surface area contributed by atoms with Gasteiger partial charge in [-0.05, 0) is 23.6 Å². The van der Waals surface area contributed by atoms with E-state index in [-0.39, 0.29) is 11.6 Å². The fourth-order valence-electron chi connectivity index (χ4n) is 1.86. The molecule has 0 unspecified atom stereocenters. The van der Waals surface area contributed by atoms with E-state index < -0.39 is 0 Å². The Balaban J connectivity index is 2.19. The fourth-order valence-corrected chi connectivity index (χ4v) is 2.52. The number of hydrogen-bond donors (Lipinski definition) is 1. The number of fused-ring (bicyclic) bond motifs is 1. The summed E-state index contributed by atoms with van der Waals surface area (Å²) in [6.45, 7) is 0. The largest absolute Gasteiger partial charge is 0.494 e. The van der Waals surface area contributed by atoms with Crippen molar-refractivity contribution < 1.29 is 9.13 Å². The maximum atomic E-state index is 13.5. The van der Waals surface area contributed by atoms with Crippen LogP contribution in [0.15, 0.2) is 35.0 Å². The average molecular weight is 247 g/mol. The SMILES string of the molecule is COc1cc2cc(-c3ccsc3)[nH]c2cc1F. The van der Waals surface area contributed by atoms with Crippen LogP contribution in [0.4, 0.5) is 4.39 Å². The second-order valence-electron chi connectivity index (χ2n) is 3.77. The van der Waals surface area contributed by atoms with Gasteiger partial charge in [-0.15, -0.1) is 0 Å². The van der Waals surface area contributed by atoms with E-state index in [4.69, 9.17) is 4.74 Å². The van der Waals surface area contributed by atoms with Crippen molar-refractivity contribution in [1.29, 1.82) is 0 Å². The van der Waals surface area contributed by atoms with Gasteiger partial charge in [-0.2, -0.15) is 11.3 Å². The highest BCUT2D eigenvalue weighted by molar-refractivity contribution is 7.08. The lowest BCUT2D eigenvalue weighted by atomic mass is 10.2. The highest BCUT2D eigenvalue weighted by Gasteiger charge is 2.08. The summed E-state index contributed by atoms with van der Waals surface area (Å²) >= 11 is 1.64. The number of benzene rings is 1. The Hall–Kier alpha value is -1.81. The first-order valence-corrected chi connectivity index (χ1v) is 6.11. The normalized spacial score (nSPS) is 10.9. The number of aromatic nitrogens is 1. The zero-order valence-electron chi connectivity index (χ0n) is 9.16. The molecular formula is C13H10FNOS. The van der Waals surface area contributed by atoms with Gasteiger partial charge in [-0.25, -0.2) is 4.39 Å². The van der Waals surface area contributed by atoms with Gasteiger partial charge in [-0.3, -0.25) is 0 Å². The van der Waals surface area contributed by atoms with Gasteiger partial charge < -0.3 is 9.72 Å². The molecule has 2 heterocycles. The van der Waals surface area contributed by atoms with Crippen LogP contribution in [0.1, 0.15) is 0 Å². The Kier molecular flexibility index (Phi) is 2.37. The number of halogens is 1. The number of rotatable bonds is 2. The summed E-state index contributed by atoms with van der Waals surface area (Å²) in [5.41, 5.74) is 2.89. The van der Waals surface area contributed by atoms with Crippen molar-refractivity contribution in [2.24, 2.45) is 0 Å². The third-order valence-corrected chi connectivity index (χ3v) is 3.41. The molecule has 3 aromatic rings. The van der Waals surface area contributed by atoms with E-state index in [2.05, 4.69) is 10.4 Å². The Labute approximate surface area is 102 Å². The van der Waals surface area contributed by atoms with Gasteiger partial charge in [0.05, 0.1) is 7.11 Å². The molecule has 1 N–H and O–H groups in total. The van der Waals surface area contributed by atoms with Crippen molar-refractivity contribution >= 4 is 22.2 Å². The molecule has 4 heteroatoms. The van der Waals surface area contributed by atoms with Crippen molar-refractivity contribution in [3.05, 3.63) is 40.8 Å². The summed E-state index contributed by atoms with van der Waals surface area (Å²) in [4.78, 5) is 3.20. The number of H-pyrrole nitrogens is 1. The lowest BCUT2D eigenvalue weighted by molar-refractivity contribution is 0.387. The molecule has 0 spiro atoms. The molecule has 0 aliphatic carbocycles. The standard InChI is InChI=1S/C13H10FNOS/c1-16-13-5-9-4-11(8-2-3-17-7-8)15-12(9)6-10(13)14/h2-7,15H,1H3. The molecule has 0 bridgehead atoms. The molecule has 0 radical (unpaired) electrons.